The first-order valence-electron chi connectivity index (χ1n) is 6.41. The molecule has 0 saturated carbocycles. The molecule has 6 heteroatoms. The molecule has 2 rings (SSSR count). The average Bonchev–Trinajstić information content (AvgIpc) is 2.86. The molecule has 0 aliphatic heterocycles. The lowest BCUT2D eigenvalue weighted by Crippen LogP contribution is -2.08. The van der Waals surface area contributed by atoms with Crippen molar-refractivity contribution >= 4 is 28.9 Å². The van der Waals surface area contributed by atoms with E-state index in [0.717, 1.165) is 18.1 Å². The number of rotatable bonds is 5. The van der Waals surface area contributed by atoms with Crippen LogP contribution < -0.4 is 10.6 Å². The monoisotopic (exact) mass is 292 g/mol. The molecule has 106 valence electrons. The Hall–Kier alpha value is -2.01. The van der Waals surface area contributed by atoms with E-state index in [-0.39, 0.29) is 5.91 Å². The largest absolute Gasteiger partial charge is 0.378 e. The van der Waals surface area contributed by atoms with Crippen LogP contribution in [0.25, 0.3) is 0 Å². The number of hydrogen-bond donors (Lipinski definition) is 2. The lowest BCUT2D eigenvalue weighted by molar-refractivity contribution is -0.114. The van der Waals surface area contributed by atoms with Gasteiger partial charge in [-0.2, -0.15) is 0 Å². The molecule has 1 aromatic heterocycles. The Morgan fingerprint density at radius 1 is 1.45 bits per heavy atom. The van der Waals surface area contributed by atoms with Gasteiger partial charge in [-0.15, -0.1) is 0 Å². The molecule has 0 bridgehead atoms. The van der Waals surface area contributed by atoms with E-state index in [2.05, 4.69) is 27.1 Å². The van der Waals surface area contributed by atoms with E-state index in [9.17, 15) is 4.79 Å². The minimum atomic E-state index is -0.141. The normalized spacial score (nSPS) is 10.3. The molecule has 1 amide bonds. The SMILES string of the molecule is CCn1ccnc1CNc1ccc(NC(C)=O)c(Cl)c1. The van der Waals surface area contributed by atoms with Crippen LogP contribution in [0.15, 0.2) is 30.6 Å². The van der Waals surface area contributed by atoms with Gasteiger partial charge >= 0.3 is 0 Å². The molecule has 5 nitrogen and oxygen atoms in total. The van der Waals surface area contributed by atoms with Crippen molar-refractivity contribution in [3.63, 3.8) is 0 Å². The summed E-state index contributed by atoms with van der Waals surface area (Å²) in [6.45, 7) is 5.03. The van der Waals surface area contributed by atoms with Crippen LogP contribution in [-0.4, -0.2) is 15.5 Å². The van der Waals surface area contributed by atoms with Gasteiger partial charge < -0.3 is 15.2 Å². The summed E-state index contributed by atoms with van der Waals surface area (Å²) in [7, 11) is 0. The van der Waals surface area contributed by atoms with E-state index in [4.69, 9.17) is 11.6 Å². The third-order valence-corrected chi connectivity index (χ3v) is 3.19. The molecule has 0 radical (unpaired) electrons. The maximum absolute atomic E-state index is 11.0. The smallest absolute Gasteiger partial charge is 0.221 e. The number of aromatic nitrogens is 2. The standard InChI is InChI=1S/C14H17ClN4O/c1-3-19-7-6-16-14(19)9-17-11-4-5-13(12(15)8-11)18-10(2)20/h4-8,17H,3,9H2,1-2H3,(H,18,20). The van der Waals surface area contributed by atoms with E-state index in [0.29, 0.717) is 17.3 Å². The summed E-state index contributed by atoms with van der Waals surface area (Å²) in [5, 5.41) is 6.44. The zero-order chi connectivity index (χ0) is 14.5. The van der Waals surface area contributed by atoms with Crippen molar-refractivity contribution in [2.75, 3.05) is 10.6 Å². The number of aryl methyl sites for hydroxylation is 1. The van der Waals surface area contributed by atoms with Crippen molar-refractivity contribution in [1.82, 2.24) is 9.55 Å². The highest BCUT2D eigenvalue weighted by atomic mass is 35.5. The second-order valence-electron chi connectivity index (χ2n) is 4.36. The number of hydrogen-bond acceptors (Lipinski definition) is 3. The fraction of sp³-hybridized carbons (Fsp3) is 0.286. The van der Waals surface area contributed by atoms with Gasteiger partial charge in [-0.25, -0.2) is 4.98 Å². The first-order valence-corrected chi connectivity index (χ1v) is 6.79. The van der Waals surface area contributed by atoms with Crippen LogP contribution >= 0.6 is 11.6 Å². The lowest BCUT2D eigenvalue weighted by atomic mass is 10.2. The molecule has 0 atom stereocenters. The second-order valence-corrected chi connectivity index (χ2v) is 4.77. The molecule has 0 aliphatic rings. The molecule has 0 spiro atoms. The zero-order valence-electron chi connectivity index (χ0n) is 11.5. The highest BCUT2D eigenvalue weighted by molar-refractivity contribution is 6.34. The number of carbonyl (C=O) groups excluding carboxylic acids is 1. The molecule has 0 fully saturated rings. The van der Waals surface area contributed by atoms with E-state index in [1.54, 1.807) is 18.3 Å². The summed E-state index contributed by atoms with van der Waals surface area (Å²) >= 11 is 6.12. The Bertz CT molecular complexity index is 609. The van der Waals surface area contributed by atoms with Gasteiger partial charge in [-0.1, -0.05) is 11.6 Å². The first kappa shape index (κ1) is 14.4. The minimum Gasteiger partial charge on any atom is -0.378 e. The predicted octanol–water partition coefficient (Wildman–Crippen LogP) is 3.13. The summed E-state index contributed by atoms with van der Waals surface area (Å²) in [4.78, 5) is 15.3. The van der Waals surface area contributed by atoms with Crippen molar-refractivity contribution in [1.29, 1.82) is 0 Å². The molecular formula is C14H17ClN4O. The van der Waals surface area contributed by atoms with Gasteiger partial charge in [-0.05, 0) is 25.1 Å². The Morgan fingerprint density at radius 2 is 2.25 bits per heavy atom. The van der Waals surface area contributed by atoms with Crippen molar-refractivity contribution in [3.8, 4) is 0 Å². The topological polar surface area (TPSA) is 59.0 Å². The Morgan fingerprint density at radius 3 is 2.90 bits per heavy atom. The van der Waals surface area contributed by atoms with Gasteiger partial charge in [-0.3, -0.25) is 4.79 Å². The van der Waals surface area contributed by atoms with Crippen molar-refractivity contribution in [2.45, 2.75) is 26.9 Å². The second kappa shape index (κ2) is 6.43. The number of anilines is 2. The number of carbonyl (C=O) groups is 1. The van der Waals surface area contributed by atoms with Crippen LogP contribution in [0, 0.1) is 0 Å². The maximum atomic E-state index is 11.0. The molecule has 1 heterocycles. The van der Waals surface area contributed by atoms with Crippen LogP contribution in [0.3, 0.4) is 0 Å². The molecule has 2 aromatic rings. The molecule has 1 aromatic carbocycles. The highest BCUT2D eigenvalue weighted by Crippen LogP contribution is 2.25. The van der Waals surface area contributed by atoms with Crippen LogP contribution in [0.1, 0.15) is 19.7 Å². The quantitative estimate of drug-likeness (QED) is 0.890. The zero-order valence-corrected chi connectivity index (χ0v) is 12.2. The van der Waals surface area contributed by atoms with Crippen LogP contribution in [0.5, 0.6) is 0 Å². The van der Waals surface area contributed by atoms with Crippen LogP contribution in [-0.2, 0) is 17.9 Å². The Kier molecular flexibility index (Phi) is 4.63. The number of nitrogens with one attached hydrogen (secondary N) is 2. The molecule has 0 saturated heterocycles. The van der Waals surface area contributed by atoms with Crippen molar-refractivity contribution < 1.29 is 4.79 Å². The van der Waals surface area contributed by atoms with Gasteiger partial charge in [0, 0.05) is 31.5 Å². The molecular weight excluding hydrogens is 276 g/mol. The third kappa shape index (κ3) is 3.51. The number of halogens is 1. The van der Waals surface area contributed by atoms with Gasteiger partial charge in [0.05, 0.1) is 17.3 Å². The van der Waals surface area contributed by atoms with E-state index < -0.39 is 0 Å². The van der Waals surface area contributed by atoms with Gasteiger partial charge in [0.2, 0.25) is 5.91 Å². The van der Waals surface area contributed by atoms with E-state index in [1.807, 2.05) is 12.3 Å². The van der Waals surface area contributed by atoms with E-state index in [1.165, 1.54) is 6.92 Å². The van der Waals surface area contributed by atoms with Crippen LogP contribution in [0.4, 0.5) is 11.4 Å². The number of benzene rings is 1. The van der Waals surface area contributed by atoms with Crippen molar-refractivity contribution in [3.05, 3.63) is 41.4 Å². The first-order chi connectivity index (χ1) is 9.60. The third-order valence-electron chi connectivity index (χ3n) is 2.87. The lowest BCUT2D eigenvalue weighted by Gasteiger charge is -2.10. The summed E-state index contributed by atoms with van der Waals surface area (Å²) in [5.41, 5.74) is 1.49. The molecule has 2 N–H and O–H groups in total. The Labute approximate surface area is 123 Å². The highest BCUT2D eigenvalue weighted by Gasteiger charge is 2.05. The van der Waals surface area contributed by atoms with Gasteiger partial charge in [0.25, 0.3) is 0 Å². The molecule has 0 aliphatic carbocycles. The van der Waals surface area contributed by atoms with E-state index >= 15 is 0 Å². The summed E-state index contributed by atoms with van der Waals surface area (Å²) in [6, 6.07) is 5.43. The Balaban J connectivity index is 2.03. The summed E-state index contributed by atoms with van der Waals surface area (Å²) < 4.78 is 2.07. The number of imidazole rings is 1. The number of nitrogens with zero attached hydrogens (tertiary/aromatic N) is 2. The maximum Gasteiger partial charge on any atom is 0.221 e. The predicted molar refractivity (Wildman–Crippen MR) is 81.0 cm³/mol. The van der Waals surface area contributed by atoms with Crippen LogP contribution in [0.2, 0.25) is 5.02 Å². The number of amides is 1. The minimum absolute atomic E-state index is 0.141. The summed E-state index contributed by atoms with van der Waals surface area (Å²) in [5.74, 6) is 0.826. The van der Waals surface area contributed by atoms with Gasteiger partial charge in [0.15, 0.2) is 0 Å². The fourth-order valence-corrected chi connectivity index (χ4v) is 2.12. The average molecular weight is 293 g/mol. The molecule has 0 unspecified atom stereocenters. The van der Waals surface area contributed by atoms with Crippen molar-refractivity contribution in [2.24, 2.45) is 0 Å². The fourth-order valence-electron chi connectivity index (χ4n) is 1.89. The summed E-state index contributed by atoms with van der Waals surface area (Å²) in [6.07, 6.45) is 3.73. The molecule has 20 heavy (non-hydrogen) atoms. The van der Waals surface area contributed by atoms with Gasteiger partial charge in [0.1, 0.15) is 5.82 Å².